The van der Waals surface area contributed by atoms with E-state index in [0.29, 0.717) is 19.8 Å². The Bertz CT molecular complexity index is 604. The summed E-state index contributed by atoms with van der Waals surface area (Å²) in [6.07, 6.45) is 3.35. The first-order chi connectivity index (χ1) is 11.9. The topological polar surface area (TPSA) is 56.8 Å². The second-order valence-electron chi connectivity index (χ2n) is 8.00. The Morgan fingerprint density at radius 3 is 2.72 bits per heavy atom. The van der Waals surface area contributed by atoms with Crippen LogP contribution in [0, 0.1) is 0 Å². The first-order valence-electron chi connectivity index (χ1n) is 9.16. The van der Waals surface area contributed by atoms with Gasteiger partial charge in [0, 0.05) is 12.0 Å². The van der Waals surface area contributed by atoms with Gasteiger partial charge in [-0.2, -0.15) is 0 Å². The number of amides is 1. The molecule has 1 atom stereocenters. The second kappa shape index (κ2) is 7.34. The number of fused-ring (bicyclic) bond motifs is 1. The molecule has 1 aromatic carbocycles. The highest BCUT2D eigenvalue weighted by atomic mass is 16.7. The highest BCUT2D eigenvalue weighted by molar-refractivity contribution is 5.68. The number of hydrogen-bond donors (Lipinski definition) is 1. The summed E-state index contributed by atoms with van der Waals surface area (Å²) in [6.45, 7) is 7.55. The van der Waals surface area contributed by atoms with Gasteiger partial charge in [-0.15, -0.1) is 0 Å². The maximum absolute atomic E-state index is 12.1. The Morgan fingerprint density at radius 1 is 1.28 bits per heavy atom. The minimum absolute atomic E-state index is 0.0805. The number of nitrogens with one attached hydrogen (secondary N) is 1. The van der Waals surface area contributed by atoms with E-state index in [1.165, 1.54) is 11.1 Å². The molecule has 1 amide bonds. The zero-order valence-electron chi connectivity index (χ0n) is 15.5. The van der Waals surface area contributed by atoms with E-state index in [2.05, 4.69) is 29.6 Å². The summed E-state index contributed by atoms with van der Waals surface area (Å²) < 4.78 is 16.6. The Morgan fingerprint density at radius 2 is 2.00 bits per heavy atom. The SMILES string of the molecule is CC(C)(C)OC(=O)NCC1(CCC2OCCO2)CCc2ccccc21. The fourth-order valence-electron chi connectivity index (χ4n) is 3.82. The van der Waals surface area contributed by atoms with Crippen molar-refractivity contribution in [2.45, 2.75) is 63.8 Å². The molecule has 1 aromatic rings. The highest BCUT2D eigenvalue weighted by Gasteiger charge is 2.39. The summed E-state index contributed by atoms with van der Waals surface area (Å²) in [5.41, 5.74) is 2.14. The second-order valence-corrected chi connectivity index (χ2v) is 8.00. The summed E-state index contributed by atoms with van der Waals surface area (Å²) in [4.78, 5) is 12.1. The van der Waals surface area contributed by atoms with Crippen LogP contribution < -0.4 is 5.32 Å². The summed E-state index contributed by atoms with van der Waals surface area (Å²) >= 11 is 0. The fraction of sp³-hybridized carbons (Fsp3) is 0.650. The smallest absolute Gasteiger partial charge is 0.407 e. The molecule has 1 aliphatic carbocycles. The van der Waals surface area contributed by atoms with E-state index in [1.54, 1.807) is 0 Å². The van der Waals surface area contributed by atoms with Crippen molar-refractivity contribution in [3.8, 4) is 0 Å². The normalized spacial score (nSPS) is 23.5. The van der Waals surface area contributed by atoms with Crippen LogP contribution in [0.1, 0.15) is 51.2 Å². The number of carbonyl (C=O) groups is 1. The van der Waals surface area contributed by atoms with Gasteiger partial charge >= 0.3 is 6.09 Å². The van der Waals surface area contributed by atoms with Gasteiger partial charge in [-0.25, -0.2) is 4.79 Å². The van der Waals surface area contributed by atoms with Gasteiger partial charge in [-0.1, -0.05) is 24.3 Å². The summed E-state index contributed by atoms with van der Waals surface area (Å²) in [6, 6.07) is 8.54. The average molecular weight is 347 g/mol. The molecule has 2 aliphatic rings. The molecule has 138 valence electrons. The van der Waals surface area contributed by atoms with E-state index in [-0.39, 0.29) is 17.8 Å². The van der Waals surface area contributed by atoms with E-state index in [0.717, 1.165) is 25.7 Å². The van der Waals surface area contributed by atoms with E-state index < -0.39 is 5.60 Å². The molecule has 1 heterocycles. The minimum atomic E-state index is -0.490. The zero-order chi connectivity index (χ0) is 17.9. The van der Waals surface area contributed by atoms with Crippen LogP contribution in [0.15, 0.2) is 24.3 Å². The molecular formula is C20H29NO4. The lowest BCUT2D eigenvalue weighted by molar-refractivity contribution is -0.0513. The minimum Gasteiger partial charge on any atom is -0.444 e. The van der Waals surface area contributed by atoms with E-state index in [9.17, 15) is 4.79 Å². The maximum Gasteiger partial charge on any atom is 0.407 e. The lowest BCUT2D eigenvalue weighted by Gasteiger charge is -2.32. The first-order valence-corrected chi connectivity index (χ1v) is 9.16. The Hall–Kier alpha value is -1.59. The molecule has 1 fully saturated rings. The summed E-state index contributed by atoms with van der Waals surface area (Å²) in [5.74, 6) is 0. The van der Waals surface area contributed by atoms with E-state index >= 15 is 0 Å². The lowest BCUT2D eigenvalue weighted by atomic mass is 9.77. The van der Waals surface area contributed by atoms with Crippen LogP contribution in [0.25, 0.3) is 0 Å². The quantitative estimate of drug-likeness (QED) is 0.885. The van der Waals surface area contributed by atoms with Crippen LogP contribution in [0.2, 0.25) is 0 Å². The van der Waals surface area contributed by atoms with E-state index in [1.807, 2.05) is 20.8 Å². The molecule has 5 heteroatoms. The predicted molar refractivity (Wildman–Crippen MR) is 95.6 cm³/mol. The summed E-state index contributed by atoms with van der Waals surface area (Å²) in [5, 5.41) is 3.00. The highest BCUT2D eigenvalue weighted by Crippen LogP contribution is 2.42. The average Bonchev–Trinajstić information content (AvgIpc) is 3.18. The third-order valence-electron chi connectivity index (χ3n) is 4.98. The molecule has 0 aromatic heterocycles. The Kier molecular flexibility index (Phi) is 5.35. The molecule has 5 nitrogen and oxygen atoms in total. The van der Waals surface area contributed by atoms with Crippen molar-refractivity contribution >= 4 is 6.09 Å². The number of rotatable bonds is 5. The van der Waals surface area contributed by atoms with Crippen LogP contribution >= 0.6 is 0 Å². The van der Waals surface area contributed by atoms with Crippen molar-refractivity contribution in [3.05, 3.63) is 35.4 Å². The van der Waals surface area contributed by atoms with Gasteiger partial charge < -0.3 is 19.5 Å². The van der Waals surface area contributed by atoms with Gasteiger partial charge in [-0.3, -0.25) is 0 Å². The van der Waals surface area contributed by atoms with Crippen molar-refractivity contribution in [1.29, 1.82) is 0 Å². The Balaban J connectivity index is 1.70. The van der Waals surface area contributed by atoms with Crippen LogP contribution in [-0.4, -0.2) is 37.7 Å². The van der Waals surface area contributed by atoms with Crippen LogP contribution in [0.5, 0.6) is 0 Å². The van der Waals surface area contributed by atoms with Gasteiger partial charge in [0.05, 0.1) is 13.2 Å². The molecule has 1 unspecified atom stereocenters. The fourth-order valence-corrected chi connectivity index (χ4v) is 3.82. The number of hydrogen-bond acceptors (Lipinski definition) is 4. The number of carbonyl (C=O) groups excluding carboxylic acids is 1. The Labute approximate surface area is 150 Å². The van der Waals surface area contributed by atoms with Crippen LogP contribution in [0.3, 0.4) is 0 Å². The standard InChI is InChI=1S/C20H29NO4/c1-19(2,3)25-18(22)21-14-20(11-9-17-23-12-13-24-17)10-8-15-6-4-5-7-16(15)20/h4-7,17H,8-14H2,1-3H3,(H,21,22). The molecule has 0 saturated carbocycles. The number of ether oxygens (including phenoxy) is 3. The van der Waals surface area contributed by atoms with Crippen LogP contribution in [-0.2, 0) is 26.0 Å². The van der Waals surface area contributed by atoms with Crippen LogP contribution in [0.4, 0.5) is 4.79 Å². The molecule has 0 bridgehead atoms. The molecule has 1 N–H and O–H groups in total. The number of aryl methyl sites for hydroxylation is 1. The monoisotopic (exact) mass is 347 g/mol. The first kappa shape index (κ1) is 18.2. The van der Waals surface area contributed by atoms with Gasteiger partial charge in [-0.05, 0) is 57.6 Å². The number of benzene rings is 1. The van der Waals surface area contributed by atoms with E-state index in [4.69, 9.17) is 14.2 Å². The van der Waals surface area contributed by atoms with Gasteiger partial charge in [0.25, 0.3) is 0 Å². The maximum atomic E-state index is 12.1. The molecule has 25 heavy (non-hydrogen) atoms. The molecular weight excluding hydrogens is 318 g/mol. The largest absolute Gasteiger partial charge is 0.444 e. The van der Waals surface area contributed by atoms with Crippen molar-refractivity contribution in [2.75, 3.05) is 19.8 Å². The third-order valence-corrected chi connectivity index (χ3v) is 4.98. The lowest BCUT2D eigenvalue weighted by Crippen LogP contribution is -2.42. The number of alkyl carbamates (subject to hydrolysis) is 1. The van der Waals surface area contributed by atoms with Gasteiger partial charge in [0.15, 0.2) is 6.29 Å². The molecule has 0 radical (unpaired) electrons. The molecule has 0 spiro atoms. The van der Waals surface area contributed by atoms with Crippen molar-refractivity contribution in [3.63, 3.8) is 0 Å². The van der Waals surface area contributed by atoms with Crippen molar-refractivity contribution in [1.82, 2.24) is 5.32 Å². The van der Waals surface area contributed by atoms with Gasteiger partial charge in [0.1, 0.15) is 5.60 Å². The predicted octanol–water partition coefficient (Wildman–Crippen LogP) is 3.55. The molecule has 3 rings (SSSR count). The van der Waals surface area contributed by atoms with Crippen molar-refractivity contribution in [2.24, 2.45) is 0 Å². The molecule has 1 aliphatic heterocycles. The van der Waals surface area contributed by atoms with Crippen molar-refractivity contribution < 1.29 is 19.0 Å². The van der Waals surface area contributed by atoms with Gasteiger partial charge in [0.2, 0.25) is 0 Å². The molecule has 1 saturated heterocycles. The zero-order valence-corrected chi connectivity index (χ0v) is 15.5. The summed E-state index contributed by atoms with van der Waals surface area (Å²) in [7, 11) is 0. The third kappa shape index (κ3) is 4.53.